The summed E-state index contributed by atoms with van der Waals surface area (Å²) in [5.74, 6) is 0.695. The van der Waals surface area contributed by atoms with Crippen LogP contribution in [0.2, 0.25) is 5.15 Å². The third kappa shape index (κ3) is 1.84. The van der Waals surface area contributed by atoms with Crippen LogP contribution in [0.5, 0.6) is 0 Å². The molecule has 3 rings (SSSR count). The van der Waals surface area contributed by atoms with Crippen molar-refractivity contribution in [3.63, 3.8) is 0 Å². The van der Waals surface area contributed by atoms with Gasteiger partial charge in [0.15, 0.2) is 5.82 Å². The third-order valence-electron chi connectivity index (χ3n) is 2.81. The Morgan fingerprint density at radius 2 is 2.00 bits per heavy atom. The van der Waals surface area contributed by atoms with E-state index in [2.05, 4.69) is 26.9 Å². The Labute approximate surface area is 109 Å². The second-order valence-electron chi connectivity index (χ2n) is 3.96. The van der Waals surface area contributed by atoms with Gasteiger partial charge in [0.2, 0.25) is 0 Å². The molecule has 18 heavy (non-hydrogen) atoms. The molecule has 0 saturated heterocycles. The third-order valence-corrected chi connectivity index (χ3v) is 3.01. The van der Waals surface area contributed by atoms with E-state index in [-0.39, 0.29) is 0 Å². The zero-order chi connectivity index (χ0) is 12.5. The maximum absolute atomic E-state index is 5.98. The predicted molar refractivity (Wildman–Crippen MR) is 71.5 cm³/mol. The molecule has 4 nitrogen and oxygen atoms in total. The lowest BCUT2D eigenvalue weighted by atomic mass is 10.2. The Morgan fingerprint density at radius 3 is 2.72 bits per heavy atom. The SMILES string of the molecule is CCc1nc(-c2ccncc2)nc2[nH]c(Cl)cc12. The van der Waals surface area contributed by atoms with Crippen LogP contribution in [0, 0.1) is 0 Å². The molecular weight excluding hydrogens is 248 g/mol. The van der Waals surface area contributed by atoms with E-state index in [1.165, 1.54) is 0 Å². The van der Waals surface area contributed by atoms with Gasteiger partial charge in [0.25, 0.3) is 0 Å². The molecule has 0 unspecified atom stereocenters. The minimum absolute atomic E-state index is 0.584. The maximum atomic E-state index is 5.98. The van der Waals surface area contributed by atoms with E-state index in [9.17, 15) is 0 Å². The van der Waals surface area contributed by atoms with Crippen molar-refractivity contribution >= 4 is 22.6 Å². The first kappa shape index (κ1) is 11.2. The summed E-state index contributed by atoms with van der Waals surface area (Å²) in [6.07, 6.45) is 4.30. The normalized spacial score (nSPS) is 11.0. The lowest BCUT2D eigenvalue weighted by molar-refractivity contribution is 1.03. The molecule has 0 amide bonds. The number of hydrogen-bond donors (Lipinski definition) is 1. The van der Waals surface area contributed by atoms with Crippen LogP contribution in [0.3, 0.4) is 0 Å². The number of nitrogens with one attached hydrogen (secondary N) is 1. The topological polar surface area (TPSA) is 54.5 Å². The molecule has 0 atom stereocenters. The molecule has 0 radical (unpaired) electrons. The smallest absolute Gasteiger partial charge is 0.161 e. The van der Waals surface area contributed by atoms with E-state index in [1.54, 1.807) is 12.4 Å². The summed E-state index contributed by atoms with van der Waals surface area (Å²) in [7, 11) is 0. The van der Waals surface area contributed by atoms with Crippen molar-refractivity contribution in [2.45, 2.75) is 13.3 Å². The number of aromatic nitrogens is 4. The van der Waals surface area contributed by atoms with Crippen molar-refractivity contribution < 1.29 is 0 Å². The summed E-state index contributed by atoms with van der Waals surface area (Å²) in [5.41, 5.74) is 2.72. The number of pyridine rings is 1. The molecule has 0 aliphatic carbocycles. The fourth-order valence-electron chi connectivity index (χ4n) is 1.94. The van der Waals surface area contributed by atoms with Gasteiger partial charge in [-0.3, -0.25) is 4.98 Å². The highest BCUT2D eigenvalue weighted by Gasteiger charge is 2.10. The molecule has 3 aromatic rings. The maximum Gasteiger partial charge on any atom is 0.161 e. The number of fused-ring (bicyclic) bond motifs is 1. The molecule has 90 valence electrons. The van der Waals surface area contributed by atoms with E-state index >= 15 is 0 Å². The van der Waals surface area contributed by atoms with Crippen molar-refractivity contribution in [2.75, 3.05) is 0 Å². The van der Waals surface area contributed by atoms with Crippen LogP contribution in [-0.4, -0.2) is 19.9 Å². The molecule has 1 N–H and O–H groups in total. The lowest BCUT2D eigenvalue weighted by Crippen LogP contribution is -1.96. The van der Waals surface area contributed by atoms with Gasteiger partial charge in [-0.05, 0) is 24.6 Å². The van der Waals surface area contributed by atoms with E-state index in [0.717, 1.165) is 28.7 Å². The number of aromatic amines is 1. The van der Waals surface area contributed by atoms with Gasteiger partial charge in [0, 0.05) is 23.3 Å². The second-order valence-corrected chi connectivity index (χ2v) is 4.37. The molecule has 3 aromatic heterocycles. The van der Waals surface area contributed by atoms with Crippen LogP contribution in [0.15, 0.2) is 30.6 Å². The van der Waals surface area contributed by atoms with E-state index < -0.39 is 0 Å². The minimum Gasteiger partial charge on any atom is -0.330 e. The van der Waals surface area contributed by atoms with Crippen LogP contribution in [-0.2, 0) is 6.42 Å². The van der Waals surface area contributed by atoms with Gasteiger partial charge >= 0.3 is 0 Å². The summed E-state index contributed by atoms with van der Waals surface area (Å²) in [5, 5.41) is 1.57. The van der Waals surface area contributed by atoms with Crippen LogP contribution >= 0.6 is 11.6 Å². The molecule has 0 fully saturated rings. The largest absolute Gasteiger partial charge is 0.330 e. The van der Waals surface area contributed by atoms with E-state index in [4.69, 9.17) is 11.6 Å². The zero-order valence-corrected chi connectivity index (χ0v) is 10.6. The molecule has 0 aliphatic heterocycles. The van der Waals surface area contributed by atoms with Gasteiger partial charge < -0.3 is 4.98 Å². The number of nitrogens with zero attached hydrogens (tertiary/aromatic N) is 3. The highest BCUT2D eigenvalue weighted by Crippen LogP contribution is 2.24. The first-order valence-electron chi connectivity index (χ1n) is 5.73. The zero-order valence-electron chi connectivity index (χ0n) is 9.81. The van der Waals surface area contributed by atoms with Crippen molar-refractivity contribution in [3.8, 4) is 11.4 Å². The minimum atomic E-state index is 0.584. The Balaban J connectivity index is 2.25. The Hall–Kier alpha value is -1.94. The molecule has 0 spiro atoms. The average Bonchev–Trinajstić information content (AvgIpc) is 2.78. The van der Waals surface area contributed by atoms with Crippen molar-refractivity contribution in [1.29, 1.82) is 0 Å². The van der Waals surface area contributed by atoms with Gasteiger partial charge in [-0.2, -0.15) is 0 Å². The van der Waals surface area contributed by atoms with E-state index in [0.29, 0.717) is 11.0 Å². The Kier molecular flexibility index (Phi) is 2.72. The number of aryl methyl sites for hydroxylation is 1. The van der Waals surface area contributed by atoms with Gasteiger partial charge in [0.1, 0.15) is 10.8 Å². The molecule has 0 aliphatic rings. The quantitative estimate of drug-likeness (QED) is 0.768. The molecule has 0 saturated carbocycles. The molecule has 3 heterocycles. The Morgan fingerprint density at radius 1 is 1.22 bits per heavy atom. The van der Waals surface area contributed by atoms with Crippen molar-refractivity contribution in [1.82, 2.24) is 19.9 Å². The average molecular weight is 259 g/mol. The number of H-pyrrole nitrogens is 1. The predicted octanol–water partition coefficient (Wildman–Crippen LogP) is 3.24. The number of hydrogen-bond acceptors (Lipinski definition) is 3. The van der Waals surface area contributed by atoms with Gasteiger partial charge in [-0.25, -0.2) is 9.97 Å². The summed E-state index contributed by atoms with van der Waals surface area (Å²) in [6, 6.07) is 5.66. The van der Waals surface area contributed by atoms with Crippen LogP contribution in [0.4, 0.5) is 0 Å². The van der Waals surface area contributed by atoms with Gasteiger partial charge in [0.05, 0.1) is 5.69 Å². The highest BCUT2D eigenvalue weighted by atomic mass is 35.5. The Bertz CT molecular complexity index is 691. The summed E-state index contributed by atoms with van der Waals surface area (Å²) < 4.78 is 0. The van der Waals surface area contributed by atoms with Crippen LogP contribution in [0.1, 0.15) is 12.6 Å². The van der Waals surface area contributed by atoms with Crippen molar-refractivity contribution in [2.24, 2.45) is 0 Å². The number of rotatable bonds is 2. The fourth-order valence-corrected chi connectivity index (χ4v) is 2.14. The van der Waals surface area contributed by atoms with Crippen molar-refractivity contribution in [3.05, 3.63) is 41.4 Å². The van der Waals surface area contributed by atoms with Gasteiger partial charge in [-0.15, -0.1) is 0 Å². The number of halogens is 1. The molecule has 0 bridgehead atoms. The first-order valence-corrected chi connectivity index (χ1v) is 6.11. The lowest BCUT2D eigenvalue weighted by Gasteiger charge is -2.03. The van der Waals surface area contributed by atoms with Crippen LogP contribution < -0.4 is 0 Å². The monoisotopic (exact) mass is 258 g/mol. The standard InChI is InChI=1S/C13H11ClN4/c1-2-10-9-7-11(14)17-13(9)18-12(16-10)8-3-5-15-6-4-8/h3-7H,2H2,1H3,(H,16,17,18). The molecule has 5 heteroatoms. The van der Waals surface area contributed by atoms with Crippen LogP contribution in [0.25, 0.3) is 22.4 Å². The fraction of sp³-hybridized carbons (Fsp3) is 0.154. The molecular formula is C13H11ClN4. The summed E-state index contributed by atoms with van der Waals surface area (Å²) >= 11 is 5.98. The van der Waals surface area contributed by atoms with E-state index in [1.807, 2.05) is 18.2 Å². The second kappa shape index (κ2) is 4.38. The van der Waals surface area contributed by atoms with Gasteiger partial charge in [-0.1, -0.05) is 18.5 Å². The highest BCUT2D eigenvalue weighted by molar-refractivity contribution is 6.30. The summed E-state index contributed by atoms with van der Waals surface area (Å²) in [6.45, 7) is 2.07. The first-order chi connectivity index (χ1) is 8.78. The molecule has 0 aromatic carbocycles. The summed E-state index contributed by atoms with van der Waals surface area (Å²) in [4.78, 5) is 16.1.